The molecule has 0 aromatic carbocycles. The Hall–Kier alpha value is -2.57. The van der Waals surface area contributed by atoms with Crippen molar-refractivity contribution in [2.75, 3.05) is 0 Å². The Labute approximate surface area is 156 Å². The zero-order chi connectivity index (χ0) is 21.4. The van der Waals surface area contributed by atoms with Gasteiger partial charge in [0.25, 0.3) is 0 Å². The molecule has 13 nitrogen and oxygen atoms in total. The van der Waals surface area contributed by atoms with Gasteiger partial charge < -0.3 is 30.2 Å². The van der Waals surface area contributed by atoms with E-state index in [9.17, 15) is 39.4 Å². The van der Waals surface area contributed by atoms with Gasteiger partial charge in [-0.1, -0.05) is 0 Å². The van der Waals surface area contributed by atoms with E-state index in [1.54, 1.807) is 0 Å². The van der Waals surface area contributed by atoms with E-state index >= 15 is 0 Å². The smallest absolute Gasteiger partial charge is 0.469 e. The fourth-order valence-corrected chi connectivity index (χ4v) is 3.39. The van der Waals surface area contributed by atoms with Gasteiger partial charge in [0.15, 0.2) is 5.41 Å². The second-order valence-electron chi connectivity index (χ2n) is 6.17. The number of nitrogens with one attached hydrogen (secondary N) is 1. The lowest BCUT2D eigenvalue weighted by atomic mass is 9.75. The lowest BCUT2D eigenvalue weighted by molar-refractivity contribution is -0.165. The summed E-state index contributed by atoms with van der Waals surface area (Å²) in [5, 5.41) is 41.2. The summed E-state index contributed by atoms with van der Waals surface area (Å²) in [6.45, 7) is 0.477. The Bertz CT molecular complexity index is 866. The topological polar surface area (TPSA) is 224 Å². The van der Waals surface area contributed by atoms with E-state index in [1.807, 2.05) is 0 Å². The predicted octanol–water partition coefficient (Wildman–Crippen LogP) is -0.652. The van der Waals surface area contributed by atoms with Crippen LogP contribution >= 0.6 is 7.82 Å². The molecule has 0 radical (unpaired) electrons. The molecule has 154 valence electrons. The fourth-order valence-electron chi connectivity index (χ4n) is 3.09. The zero-order valence-electron chi connectivity index (χ0n) is 14.3. The van der Waals surface area contributed by atoms with Crippen molar-refractivity contribution in [3.05, 3.63) is 23.0 Å². The van der Waals surface area contributed by atoms with E-state index in [4.69, 9.17) is 9.79 Å². The summed E-state index contributed by atoms with van der Waals surface area (Å²) in [5.41, 5.74) is -3.32. The van der Waals surface area contributed by atoms with Crippen molar-refractivity contribution in [1.29, 1.82) is 0 Å². The molecule has 0 aliphatic carbocycles. The number of aromatic nitrogens is 1. The van der Waals surface area contributed by atoms with Crippen molar-refractivity contribution < 1.29 is 53.7 Å². The van der Waals surface area contributed by atoms with Gasteiger partial charge in [0.05, 0.1) is 18.3 Å². The van der Waals surface area contributed by atoms with E-state index in [2.05, 4.69) is 14.8 Å². The van der Waals surface area contributed by atoms with E-state index in [0.29, 0.717) is 0 Å². The molecule has 1 saturated heterocycles. The molecule has 1 aliphatic rings. The molecule has 28 heavy (non-hydrogen) atoms. The quantitative estimate of drug-likeness (QED) is 0.215. The predicted molar refractivity (Wildman–Crippen MR) is 87.1 cm³/mol. The first-order valence-corrected chi connectivity index (χ1v) is 9.17. The van der Waals surface area contributed by atoms with Crippen molar-refractivity contribution in [3.63, 3.8) is 0 Å². The maximum atomic E-state index is 11.9. The number of nitrogens with zero attached hydrogens (tertiary/aromatic N) is 1. The first-order valence-electron chi connectivity index (χ1n) is 7.64. The van der Waals surface area contributed by atoms with E-state index in [0.717, 1.165) is 6.20 Å². The highest BCUT2D eigenvalue weighted by molar-refractivity contribution is 7.46. The number of rotatable bonds is 7. The van der Waals surface area contributed by atoms with Crippen LogP contribution in [0.5, 0.6) is 5.75 Å². The Morgan fingerprint density at radius 1 is 1.29 bits per heavy atom. The molecular weight excluding hydrogens is 403 g/mol. The Balaban J connectivity index is 2.69. The van der Waals surface area contributed by atoms with Crippen LogP contribution in [-0.4, -0.2) is 59.1 Å². The largest absolute Gasteiger partial charge is 0.506 e. The van der Waals surface area contributed by atoms with Gasteiger partial charge in [0, 0.05) is 23.7 Å². The minimum Gasteiger partial charge on any atom is -0.506 e. The van der Waals surface area contributed by atoms with Crippen molar-refractivity contribution >= 4 is 25.7 Å². The van der Waals surface area contributed by atoms with Gasteiger partial charge in [-0.2, -0.15) is 0 Å². The number of phosphoric acid groups is 1. The van der Waals surface area contributed by atoms with Crippen molar-refractivity contribution in [1.82, 2.24) is 10.3 Å². The minimum atomic E-state index is -4.96. The summed E-state index contributed by atoms with van der Waals surface area (Å²) in [7, 11) is -4.96. The number of aryl methyl sites for hydroxylation is 1. The van der Waals surface area contributed by atoms with Gasteiger partial charge in [0.2, 0.25) is 0 Å². The number of carbonyl (C=O) groups is 3. The SMILES string of the molecule is Cc1ncc(COP(=O)(O)O)c(C2NC(C(=O)O)CC2(C(=O)O)C(=O)O)c1O. The highest BCUT2D eigenvalue weighted by Crippen LogP contribution is 2.49. The molecule has 2 atom stereocenters. The molecule has 1 aromatic heterocycles. The van der Waals surface area contributed by atoms with Crippen LogP contribution < -0.4 is 5.32 Å². The highest BCUT2D eigenvalue weighted by Gasteiger charge is 2.62. The zero-order valence-corrected chi connectivity index (χ0v) is 15.2. The number of aliphatic carboxylic acids is 3. The fraction of sp³-hybridized carbons (Fsp3) is 0.429. The molecule has 0 bridgehead atoms. The van der Waals surface area contributed by atoms with Gasteiger partial charge >= 0.3 is 25.7 Å². The molecule has 2 unspecified atom stereocenters. The Kier molecular flexibility index (Phi) is 5.78. The second-order valence-corrected chi connectivity index (χ2v) is 7.41. The van der Waals surface area contributed by atoms with Crippen LogP contribution in [0.4, 0.5) is 0 Å². The minimum absolute atomic E-state index is 0.0415. The molecule has 1 fully saturated rings. The molecule has 1 aliphatic heterocycles. The molecule has 0 saturated carbocycles. The highest BCUT2D eigenvalue weighted by atomic mass is 31.2. The first-order chi connectivity index (χ1) is 12.8. The van der Waals surface area contributed by atoms with Crippen LogP contribution in [0.3, 0.4) is 0 Å². The van der Waals surface area contributed by atoms with Crippen LogP contribution in [0.25, 0.3) is 0 Å². The number of carboxylic acid groups (broad SMARTS) is 3. The molecule has 0 amide bonds. The van der Waals surface area contributed by atoms with Crippen LogP contribution in [0, 0.1) is 12.3 Å². The number of hydrogen-bond acceptors (Lipinski definition) is 8. The summed E-state index contributed by atoms with van der Waals surface area (Å²) in [6.07, 6.45) is 0.182. The third-order valence-electron chi connectivity index (χ3n) is 4.48. The number of phosphoric ester groups is 1. The Morgan fingerprint density at radius 2 is 1.86 bits per heavy atom. The Morgan fingerprint density at radius 3 is 2.32 bits per heavy atom. The van der Waals surface area contributed by atoms with Gasteiger partial charge in [-0.05, 0) is 6.92 Å². The van der Waals surface area contributed by atoms with Crippen molar-refractivity contribution in [2.24, 2.45) is 5.41 Å². The standard InChI is InChI=1S/C14H17N2O11P/c1-5-9(17)8(6(3-15-5)4-27-28(24,25)26)10-14(12(20)21,13(22)23)2-7(16-10)11(18)19/h3,7,10,16-17H,2,4H2,1H3,(H,18,19)(H,20,21)(H,22,23)(H2,24,25,26). The van der Waals surface area contributed by atoms with Gasteiger partial charge in [0.1, 0.15) is 11.8 Å². The first kappa shape index (κ1) is 21.7. The average molecular weight is 420 g/mol. The van der Waals surface area contributed by atoms with Gasteiger partial charge in [-0.15, -0.1) is 0 Å². The molecular formula is C14H17N2O11P. The van der Waals surface area contributed by atoms with E-state index < -0.39 is 62.0 Å². The molecule has 2 heterocycles. The summed E-state index contributed by atoms with van der Waals surface area (Å²) < 4.78 is 15.3. The van der Waals surface area contributed by atoms with Crippen LogP contribution in [0.15, 0.2) is 6.20 Å². The monoisotopic (exact) mass is 420 g/mol. The molecule has 2 rings (SSSR count). The van der Waals surface area contributed by atoms with Crippen LogP contribution in [0.1, 0.15) is 29.3 Å². The van der Waals surface area contributed by atoms with E-state index in [1.165, 1.54) is 6.92 Å². The average Bonchev–Trinajstić information content (AvgIpc) is 2.97. The third-order valence-corrected chi connectivity index (χ3v) is 4.95. The lowest BCUT2D eigenvalue weighted by Crippen LogP contribution is -2.44. The number of pyridine rings is 1. The third kappa shape index (κ3) is 3.84. The summed E-state index contributed by atoms with van der Waals surface area (Å²) in [4.78, 5) is 56.6. The van der Waals surface area contributed by atoms with Crippen molar-refractivity contribution in [3.8, 4) is 5.75 Å². The number of carboxylic acids is 3. The second kappa shape index (κ2) is 7.45. The van der Waals surface area contributed by atoms with Crippen molar-refractivity contribution in [2.45, 2.75) is 32.0 Å². The number of aromatic hydroxyl groups is 1. The van der Waals surface area contributed by atoms with Gasteiger partial charge in [-0.25, -0.2) is 4.57 Å². The molecule has 1 aromatic rings. The number of hydrogen-bond donors (Lipinski definition) is 7. The maximum Gasteiger partial charge on any atom is 0.469 e. The maximum absolute atomic E-state index is 11.9. The summed E-state index contributed by atoms with van der Waals surface area (Å²) in [6, 6.07) is -3.32. The molecule has 14 heteroatoms. The summed E-state index contributed by atoms with van der Waals surface area (Å²) >= 11 is 0. The normalized spacial score (nSPS) is 21.4. The van der Waals surface area contributed by atoms with Gasteiger partial charge in [-0.3, -0.25) is 29.2 Å². The molecule has 0 spiro atoms. The lowest BCUT2D eigenvalue weighted by Gasteiger charge is -2.29. The molecule has 7 N–H and O–H groups in total. The van der Waals surface area contributed by atoms with Crippen LogP contribution in [-0.2, 0) is 30.1 Å². The van der Waals surface area contributed by atoms with Crippen LogP contribution in [0.2, 0.25) is 0 Å². The summed E-state index contributed by atoms with van der Waals surface area (Å²) in [5.74, 6) is -5.86. The van der Waals surface area contributed by atoms with E-state index in [-0.39, 0.29) is 16.8 Å².